The van der Waals surface area contributed by atoms with Crippen LogP contribution in [0.4, 0.5) is 0 Å². The fourth-order valence-corrected chi connectivity index (χ4v) is 4.85. The molecule has 0 atom stereocenters. The Balaban J connectivity index is 1.64. The summed E-state index contributed by atoms with van der Waals surface area (Å²) >= 11 is 0. The lowest BCUT2D eigenvalue weighted by Crippen LogP contribution is -2.41. The van der Waals surface area contributed by atoms with Crippen molar-refractivity contribution < 1.29 is 22.7 Å². The van der Waals surface area contributed by atoms with Gasteiger partial charge in [0.05, 0.1) is 30.2 Å². The van der Waals surface area contributed by atoms with Crippen molar-refractivity contribution in [3.63, 3.8) is 0 Å². The maximum Gasteiger partial charge on any atom is 0.252 e. The summed E-state index contributed by atoms with van der Waals surface area (Å²) in [6, 6.07) is 12.2. The Hall–Kier alpha value is -2.42. The molecule has 1 fully saturated rings. The summed E-state index contributed by atoms with van der Waals surface area (Å²) in [4.78, 5) is 12.6. The van der Waals surface area contributed by atoms with E-state index in [-0.39, 0.29) is 36.7 Å². The van der Waals surface area contributed by atoms with Gasteiger partial charge in [-0.05, 0) is 49.2 Å². The van der Waals surface area contributed by atoms with E-state index >= 15 is 0 Å². The molecular formula is C21H26N2O5S. The van der Waals surface area contributed by atoms with Gasteiger partial charge in [0.1, 0.15) is 12.4 Å². The van der Waals surface area contributed by atoms with Crippen LogP contribution in [0.3, 0.4) is 0 Å². The summed E-state index contributed by atoms with van der Waals surface area (Å²) < 4.78 is 38.2. The van der Waals surface area contributed by atoms with Crippen LogP contribution in [0.1, 0.15) is 21.5 Å². The minimum atomic E-state index is -3.76. The number of ether oxygens (including phenoxy) is 2. The first-order valence-corrected chi connectivity index (χ1v) is 11.0. The van der Waals surface area contributed by atoms with E-state index in [0.717, 1.165) is 16.9 Å². The minimum absolute atomic E-state index is 0.00891. The zero-order valence-corrected chi connectivity index (χ0v) is 17.5. The van der Waals surface area contributed by atoms with Gasteiger partial charge in [0.2, 0.25) is 10.0 Å². The third-order valence-electron chi connectivity index (χ3n) is 4.57. The number of morpholine rings is 1. The van der Waals surface area contributed by atoms with Gasteiger partial charge in [-0.25, -0.2) is 8.42 Å². The largest absolute Gasteiger partial charge is 0.492 e. The van der Waals surface area contributed by atoms with Crippen molar-refractivity contribution in [1.29, 1.82) is 0 Å². The molecule has 0 aliphatic carbocycles. The summed E-state index contributed by atoms with van der Waals surface area (Å²) in [5, 5.41) is 2.74. The first-order valence-electron chi connectivity index (χ1n) is 9.54. The lowest BCUT2D eigenvalue weighted by atomic mass is 10.1. The summed E-state index contributed by atoms with van der Waals surface area (Å²) in [5.41, 5.74) is 2.34. The second-order valence-electron chi connectivity index (χ2n) is 6.94. The molecule has 2 aromatic rings. The number of hydrogen-bond donors (Lipinski definition) is 1. The minimum Gasteiger partial charge on any atom is -0.492 e. The van der Waals surface area contributed by atoms with E-state index in [9.17, 15) is 13.2 Å². The Kier molecular flexibility index (Phi) is 6.89. The van der Waals surface area contributed by atoms with Crippen molar-refractivity contribution in [3.8, 4) is 5.75 Å². The third kappa shape index (κ3) is 5.35. The lowest BCUT2D eigenvalue weighted by molar-refractivity contribution is 0.0729. The zero-order chi connectivity index (χ0) is 20.9. The topological polar surface area (TPSA) is 84.9 Å². The maximum absolute atomic E-state index is 13.0. The number of carbonyl (C=O) groups is 1. The Morgan fingerprint density at radius 2 is 1.76 bits per heavy atom. The van der Waals surface area contributed by atoms with Gasteiger partial charge in [-0.3, -0.25) is 4.79 Å². The van der Waals surface area contributed by atoms with Gasteiger partial charge in [-0.2, -0.15) is 4.31 Å². The molecule has 1 amide bonds. The van der Waals surface area contributed by atoms with Gasteiger partial charge in [-0.1, -0.05) is 18.2 Å². The molecule has 1 aliphatic rings. The Morgan fingerprint density at radius 3 is 2.45 bits per heavy atom. The van der Waals surface area contributed by atoms with Gasteiger partial charge in [-0.15, -0.1) is 0 Å². The molecule has 0 radical (unpaired) electrons. The number of carbonyl (C=O) groups excluding carboxylic acids is 1. The van der Waals surface area contributed by atoms with Gasteiger partial charge in [0, 0.05) is 13.1 Å². The molecule has 2 aromatic carbocycles. The van der Waals surface area contributed by atoms with Crippen molar-refractivity contribution in [1.82, 2.24) is 9.62 Å². The molecule has 1 heterocycles. The fourth-order valence-electron chi connectivity index (χ4n) is 3.25. The normalized spacial score (nSPS) is 15.1. The number of nitrogens with one attached hydrogen (secondary N) is 1. The number of amides is 1. The molecule has 1 aliphatic heterocycles. The van der Waals surface area contributed by atoms with Crippen molar-refractivity contribution in [3.05, 3.63) is 59.2 Å². The van der Waals surface area contributed by atoms with Crippen LogP contribution in [0, 0.1) is 13.8 Å². The number of benzene rings is 2. The highest BCUT2D eigenvalue weighted by molar-refractivity contribution is 7.89. The van der Waals surface area contributed by atoms with Crippen LogP contribution < -0.4 is 10.1 Å². The van der Waals surface area contributed by atoms with Gasteiger partial charge >= 0.3 is 0 Å². The monoisotopic (exact) mass is 418 g/mol. The molecule has 0 unspecified atom stereocenters. The molecule has 1 saturated heterocycles. The molecule has 0 spiro atoms. The van der Waals surface area contributed by atoms with Crippen molar-refractivity contribution in [2.45, 2.75) is 18.7 Å². The van der Waals surface area contributed by atoms with E-state index in [1.807, 2.05) is 26.0 Å². The molecule has 156 valence electrons. The predicted octanol–water partition coefficient (Wildman–Crippen LogP) is 2.13. The quantitative estimate of drug-likeness (QED) is 0.697. The smallest absolute Gasteiger partial charge is 0.252 e. The number of sulfonamides is 1. The molecular weight excluding hydrogens is 392 g/mol. The maximum atomic E-state index is 13.0. The number of nitrogens with zero attached hydrogens (tertiary/aromatic N) is 1. The second kappa shape index (κ2) is 9.39. The van der Waals surface area contributed by atoms with Crippen LogP contribution in [0.15, 0.2) is 47.4 Å². The van der Waals surface area contributed by atoms with E-state index in [2.05, 4.69) is 11.4 Å². The molecule has 29 heavy (non-hydrogen) atoms. The number of rotatable bonds is 7. The molecule has 8 heteroatoms. The molecule has 0 aromatic heterocycles. The van der Waals surface area contributed by atoms with E-state index in [4.69, 9.17) is 9.47 Å². The van der Waals surface area contributed by atoms with Crippen LogP contribution >= 0.6 is 0 Å². The second-order valence-corrected chi connectivity index (χ2v) is 8.85. The van der Waals surface area contributed by atoms with Crippen LogP contribution in [0.2, 0.25) is 0 Å². The molecule has 0 bridgehead atoms. The van der Waals surface area contributed by atoms with Gasteiger partial charge in [0.15, 0.2) is 0 Å². The summed E-state index contributed by atoms with van der Waals surface area (Å²) in [7, 11) is -3.76. The Morgan fingerprint density at radius 1 is 1.10 bits per heavy atom. The highest BCUT2D eigenvalue weighted by atomic mass is 32.2. The molecule has 3 rings (SSSR count). The van der Waals surface area contributed by atoms with E-state index in [1.54, 1.807) is 12.1 Å². The summed E-state index contributed by atoms with van der Waals surface area (Å²) in [6.45, 7) is 5.79. The van der Waals surface area contributed by atoms with Gasteiger partial charge in [0.25, 0.3) is 5.91 Å². The standard InChI is InChI=1S/C21H26N2O5S/c1-16-13-17(2)15-18(14-16)28-10-7-22-21(24)19-5-3-4-6-20(19)29(25,26)23-8-11-27-12-9-23/h3-6,13-15H,7-12H2,1-2H3,(H,22,24). The Labute approximate surface area is 171 Å². The molecule has 1 N–H and O–H groups in total. The zero-order valence-electron chi connectivity index (χ0n) is 16.7. The SMILES string of the molecule is Cc1cc(C)cc(OCCNC(=O)c2ccccc2S(=O)(=O)N2CCOCC2)c1. The number of hydrogen-bond acceptors (Lipinski definition) is 5. The van der Waals surface area contributed by atoms with Crippen LogP contribution in [0.5, 0.6) is 5.75 Å². The van der Waals surface area contributed by atoms with Crippen LogP contribution in [0.25, 0.3) is 0 Å². The van der Waals surface area contributed by atoms with E-state index in [0.29, 0.717) is 13.2 Å². The van der Waals surface area contributed by atoms with Crippen molar-refractivity contribution in [2.24, 2.45) is 0 Å². The average molecular weight is 419 g/mol. The number of aryl methyl sites for hydroxylation is 2. The first kappa shape index (κ1) is 21.3. The van der Waals surface area contributed by atoms with E-state index < -0.39 is 15.9 Å². The summed E-state index contributed by atoms with van der Waals surface area (Å²) in [5.74, 6) is 0.300. The predicted molar refractivity (Wildman–Crippen MR) is 110 cm³/mol. The van der Waals surface area contributed by atoms with Crippen molar-refractivity contribution in [2.75, 3.05) is 39.5 Å². The van der Waals surface area contributed by atoms with Crippen molar-refractivity contribution >= 4 is 15.9 Å². The third-order valence-corrected chi connectivity index (χ3v) is 6.53. The average Bonchev–Trinajstić information content (AvgIpc) is 2.71. The van der Waals surface area contributed by atoms with Crippen LogP contribution in [-0.2, 0) is 14.8 Å². The molecule has 7 nitrogen and oxygen atoms in total. The summed E-state index contributed by atoms with van der Waals surface area (Å²) in [6.07, 6.45) is 0. The van der Waals surface area contributed by atoms with Crippen LogP contribution in [-0.4, -0.2) is 58.1 Å². The molecule has 0 saturated carbocycles. The highest BCUT2D eigenvalue weighted by Gasteiger charge is 2.29. The first-order chi connectivity index (χ1) is 13.9. The van der Waals surface area contributed by atoms with E-state index in [1.165, 1.54) is 16.4 Å². The fraction of sp³-hybridized carbons (Fsp3) is 0.381. The Bertz CT molecular complexity index is 949. The lowest BCUT2D eigenvalue weighted by Gasteiger charge is -2.26. The highest BCUT2D eigenvalue weighted by Crippen LogP contribution is 2.21. The van der Waals surface area contributed by atoms with Gasteiger partial charge < -0.3 is 14.8 Å².